The number of anilines is 2. The summed E-state index contributed by atoms with van der Waals surface area (Å²) in [4.78, 5) is 10.1. The number of aromatic nitrogens is 2. The zero-order chi connectivity index (χ0) is 13.1. The second kappa shape index (κ2) is 5.23. The predicted molar refractivity (Wildman–Crippen MR) is 74.7 cm³/mol. The van der Waals surface area contributed by atoms with Crippen molar-refractivity contribution in [1.82, 2.24) is 9.97 Å². The van der Waals surface area contributed by atoms with Crippen molar-refractivity contribution in [2.24, 2.45) is 0 Å². The molecule has 94 valence electrons. The molecule has 2 N–H and O–H groups in total. The monoisotopic (exact) mass is 262 g/mol. The van der Waals surface area contributed by atoms with Gasteiger partial charge < -0.3 is 10.6 Å². The Kier molecular flexibility index (Phi) is 3.67. The second-order valence-electron chi connectivity index (χ2n) is 4.11. The van der Waals surface area contributed by atoms with Gasteiger partial charge in [0.1, 0.15) is 5.82 Å². The van der Waals surface area contributed by atoms with Crippen LogP contribution in [0.5, 0.6) is 0 Å². The Morgan fingerprint density at radius 2 is 1.89 bits per heavy atom. The van der Waals surface area contributed by atoms with Gasteiger partial charge in [-0.2, -0.15) is 4.98 Å². The van der Waals surface area contributed by atoms with E-state index in [0.717, 1.165) is 10.8 Å². The maximum absolute atomic E-state index is 5.88. The average Bonchev–Trinajstić information content (AvgIpc) is 2.38. The molecule has 0 radical (unpaired) electrons. The zero-order valence-electron chi connectivity index (χ0n) is 10.3. The van der Waals surface area contributed by atoms with Crippen molar-refractivity contribution in [3.05, 3.63) is 47.1 Å². The first-order chi connectivity index (χ1) is 8.58. The van der Waals surface area contributed by atoms with E-state index in [-0.39, 0.29) is 12.0 Å². The largest absolute Gasteiger partial charge is 0.368 e. The highest BCUT2D eigenvalue weighted by Gasteiger charge is 2.13. The summed E-state index contributed by atoms with van der Waals surface area (Å²) in [5.41, 5.74) is 6.75. The minimum absolute atomic E-state index is 0.177. The topological polar surface area (TPSA) is 55.0 Å². The predicted octanol–water partition coefficient (Wildman–Crippen LogP) is 2.91. The van der Waals surface area contributed by atoms with Crippen LogP contribution in [-0.4, -0.2) is 17.0 Å². The molecule has 2 aromatic rings. The van der Waals surface area contributed by atoms with E-state index in [1.165, 1.54) is 5.56 Å². The number of rotatable bonds is 3. The third-order valence-corrected chi connectivity index (χ3v) is 3.21. The average molecular weight is 263 g/mol. The van der Waals surface area contributed by atoms with E-state index in [0.29, 0.717) is 0 Å². The lowest BCUT2D eigenvalue weighted by Gasteiger charge is -2.26. The van der Waals surface area contributed by atoms with Gasteiger partial charge in [-0.15, -0.1) is 0 Å². The Bertz CT molecular complexity index is 527. The lowest BCUT2D eigenvalue weighted by molar-refractivity contribution is 0.728. The van der Waals surface area contributed by atoms with Gasteiger partial charge in [-0.1, -0.05) is 23.7 Å². The molecule has 18 heavy (non-hydrogen) atoms. The summed E-state index contributed by atoms with van der Waals surface area (Å²) in [6.07, 6.45) is 1.66. The van der Waals surface area contributed by atoms with Crippen molar-refractivity contribution < 1.29 is 0 Å². The van der Waals surface area contributed by atoms with Crippen LogP contribution in [0.1, 0.15) is 18.5 Å². The second-order valence-corrected chi connectivity index (χ2v) is 4.55. The number of nitrogens with zero attached hydrogens (tertiary/aromatic N) is 3. The lowest BCUT2D eigenvalue weighted by Crippen LogP contribution is -2.23. The van der Waals surface area contributed by atoms with E-state index >= 15 is 0 Å². The summed E-state index contributed by atoms with van der Waals surface area (Å²) in [7, 11) is 1.97. The van der Waals surface area contributed by atoms with Gasteiger partial charge in [0.25, 0.3) is 0 Å². The first-order valence-corrected chi connectivity index (χ1v) is 6.02. The molecule has 5 heteroatoms. The summed E-state index contributed by atoms with van der Waals surface area (Å²) < 4.78 is 0. The van der Waals surface area contributed by atoms with Crippen molar-refractivity contribution in [1.29, 1.82) is 0 Å². The van der Waals surface area contributed by atoms with Crippen molar-refractivity contribution in [2.45, 2.75) is 13.0 Å². The molecule has 0 aliphatic rings. The molecular formula is C13H15ClN4. The minimum Gasteiger partial charge on any atom is -0.368 e. The number of nitrogens with two attached hydrogens (primary N) is 1. The number of benzene rings is 1. The number of halogens is 1. The van der Waals surface area contributed by atoms with Gasteiger partial charge in [-0.3, -0.25) is 0 Å². The lowest BCUT2D eigenvalue weighted by atomic mass is 10.1. The van der Waals surface area contributed by atoms with E-state index < -0.39 is 0 Å². The van der Waals surface area contributed by atoms with Crippen molar-refractivity contribution in [3.63, 3.8) is 0 Å². The van der Waals surface area contributed by atoms with Gasteiger partial charge >= 0.3 is 0 Å². The van der Waals surface area contributed by atoms with Gasteiger partial charge in [0.2, 0.25) is 5.95 Å². The quantitative estimate of drug-likeness (QED) is 0.924. The van der Waals surface area contributed by atoms with Gasteiger partial charge in [0, 0.05) is 18.3 Å². The fraction of sp³-hybridized carbons (Fsp3) is 0.231. The van der Waals surface area contributed by atoms with Crippen LogP contribution in [0.2, 0.25) is 5.02 Å². The van der Waals surface area contributed by atoms with Crippen molar-refractivity contribution in [2.75, 3.05) is 17.7 Å². The zero-order valence-corrected chi connectivity index (χ0v) is 11.1. The Hall–Kier alpha value is -1.81. The molecule has 1 unspecified atom stereocenters. The first kappa shape index (κ1) is 12.6. The third kappa shape index (κ3) is 2.71. The number of hydrogen-bond donors (Lipinski definition) is 1. The first-order valence-electron chi connectivity index (χ1n) is 5.65. The van der Waals surface area contributed by atoms with Gasteiger partial charge in [-0.25, -0.2) is 4.98 Å². The van der Waals surface area contributed by atoms with Crippen molar-refractivity contribution in [3.8, 4) is 0 Å². The molecule has 4 nitrogen and oxygen atoms in total. The van der Waals surface area contributed by atoms with Gasteiger partial charge in [0.05, 0.1) is 6.04 Å². The molecule has 0 spiro atoms. The van der Waals surface area contributed by atoms with E-state index in [1.807, 2.05) is 42.3 Å². The Morgan fingerprint density at radius 3 is 2.50 bits per heavy atom. The molecule has 0 amide bonds. The molecule has 1 aromatic heterocycles. The number of nitrogen functional groups attached to an aromatic ring is 1. The Labute approximate surface area is 111 Å². The summed E-state index contributed by atoms with van der Waals surface area (Å²) in [6.45, 7) is 2.10. The molecule has 1 heterocycles. The van der Waals surface area contributed by atoms with Crippen LogP contribution >= 0.6 is 11.6 Å². The van der Waals surface area contributed by atoms with Crippen LogP contribution in [0.4, 0.5) is 11.8 Å². The maximum Gasteiger partial charge on any atom is 0.221 e. The third-order valence-electron chi connectivity index (χ3n) is 2.95. The van der Waals surface area contributed by atoms with E-state index in [2.05, 4.69) is 16.9 Å². The van der Waals surface area contributed by atoms with Crippen LogP contribution in [-0.2, 0) is 0 Å². The SMILES string of the molecule is CC(c1ccc(Cl)cc1)N(C)c1ccnc(N)n1. The van der Waals surface area contributed by atoms with E-state index in [9.17, 15) is 0 Å². The standard InChI is InChI=1S/C13H15ClN4/c1-9(10-3-5-11(14)6-4-10)18(2)12-7-8-16-13(15)17-12/h3-9H,1-2H3,(H2,15,16,17). The highest BCUT2D eigenvalue weighted by molar-refractivity contribution is 6.30. The molecule has 1 aromatic carbocycles. The maximum atomic E-state index is 5.88. The van der Waals surface area contributed by atoms with Crippen molar-refractivity contribution >= 4 is 23.4 Å². The molecule has 0 saturated carbocycles. The normalized spacial score (nSPS) is 12.2. The summed E-state index contributed by atoms with van der Waals surface area (Å²) in [5, 5.41) is 0.736. The molecular weight excluding hydrogens is 248 g/mol. The van der Waals surface area contributed by atoms with Crippen LogP contribution in [0.3, 0.4) is 0 Å². The van der Waals surface area contributed by atoms with Crippen LogP contribution in [0.15, 0.2) is 36.5 Å². The summed E-state index contributed by atoms with van der Waals surface area (Å²) >= 11 is 5.88. The number of hydrogen-bond acceptors (Lipinski definition) is 4. The fourth-order valence-corrected chi connectivity index (χ4v) is 1.85. The highest BCUT2D eigenvalue weighted by atomic mass is 35.5. The molecule has 0 fully saturated rings. The van der Waals surface area contributed by atoms with E-state index in [1.54, 1.807) is 6.20 Å². The van der Waals surface area contributed by atoms with Crippen LogP contribution < -0.4 is 10.6 Å². The Balaban J connectivity index is 2.23. The smallest absolute Gasteiger partial charge is 0.221 e. The summed E-state index contributed by atoms with van der Waals surface area (Å²) in [6, 6.07) is 9.80. The van der Waals surface area contributed by atoms with Gasteiger partial charge in [-0.05, 0) is 30.7 Å². The van der Waals surface area contributed by atoms with Crippen LogP contribution in [0.25, 0.3) is 0 Å². The molecule has 0 aliphatic carbocycles. The minimum atomic E-state index is 0.177. The fourth-order valence-electron chi connectivity index (χ4n) is 1.72. The van der Waals surface area contributed by atoms with E-state index in [4.69, 9.17) is 17.3 Å². The Morgan fingerprint density at radius 1 is 1.22 bits per heavy atom. The highest BCUT2D eigenvalue weighted by Crippen LogP contribution is 2.24. The molecule has 0 bridgehead atoms. The van der Waals surface area contributed by atoms with Gasteiger partial charge in [0.15, 0.2) is 0 Å². The molecule has 0 aliphatic heterocycles. The molecule has 2 rings (SSSR count). The summed E-state index contributed by atoms with van der Waals surface area (Å²) in [5.74, 6) is 1.08. The van der Waals surface area contributed by atoms with Crippen LogP contribution in [0, 0.1) is 0 Å². The molecule has 0 saturated heterocycles. The molecule has 1 atom stereocenters.